The van der Waals surface area contributed by atoms with Crippen molar-refractivity contribution in [1.29, 1.82) is 0 Å². The van der Waals surface area contributed by atoms with Gasteiger partial charge < -0.3 is 13.6 Å². The van der Waals surface area contributed by atoms with E-state index >= 15 is 0 Å². The Hall–Kier alpha value is -8.27. The summed E-state index contributed by atoms with van der Waals surface area (Å²) >= 11 is 0. The van der Waals surface area contributed by atoms with Crippen molar-refractivity contribution in [2.24, 2.45) is 0 Å². The zero-order chi connectivity index (χ0) is 52.5. The Kier molecular flexibility index (Phi) is 10.7. The van der Waals surface area contributed by atoms with E-state index in [-0.39, 0.29) is 21.7 Å². The summed E-state index contributed by atoms with van der Waals surface area (Å²) in [6.07, 6.45) is 0. The van der Waals surface area contributed by atoms with Crippen LogP contribution in [-0.2, 0) is 21.7 Å². The lowest BCUT2D eigenvalue weighted by molar-refractivity contribution is 0.590. The Labute approximate surface area is 440 Å². The van der Waals surface area contributed by atoms with Crippen LogP contribution in [-0.4, -0.2) is 19.1 Å². The number of hydrogen-bond acceptors (Lipinski definition) is 3. The Morgan fingerprint density at radius 3 is 1.32 bits per heavy atom. The molecule has 0 unspecified atom stereocenters. The van der Waals surface area contributed by atoms with Gasteiger partial charge >= 0.3 is 0 Å². The van der Waals surface area contributed by atoms with Crippen molar-refractivity contribution in [1.82, 2.24) is 19.1 Å². The number of nitrogens with zero attached hydrogens (tertiary/aromatic N) is 5. The standard InChI is InChI=1S/C69H63N5O/c1-66(2,3)43-27-31-55-49(35-43)50-36-44(67(4,5)6)28-32-56(50)73(55)59-40-60-61(63(62(59)70-13)74-57-33-29-45(68(7,8)9)37-51(57)52-38-46(69(10,11)12)30-34-58(52)74)48-26-20-25-47(64(48)75-60)54-39-53(41-21-16-14-17-22-41)71-65(72-54)42-23-18-15-19-24-42/h14-40H,1-12H3. The number of benzene rings is 8. The molecule has 0 N–H and O–H groups in total. The van der Waals surface area contributed by atoms with Gasteiger partial charge in [-0.1, -0.05) is 180 Å². The first-order valence-corrected chi connectivity index (χ1v) is 26.3. The third kappa shape index (κ3) is 7.91. The highest BCUT2D eigenvalue weighted by Gasteiger charge is 2.30. The van der Waals surface area contributed by atoms with Gasteiger partial charge in [0.1, 0.15) is 11.2 Å². The number of furan rings is 1. The van der Waals surface area contributed by atoms with Gasteiger partial charge in [-0.2, -0.15) is 0 Å². The monoisotopic (exact) mass is 978 g/mol. The van der Waals surface area contributed by atoms with Gasteiger partial charge in [0.25, 0.3) is 0 Å². The van der Waals surface area contributed by atoms with Crippen LogP contribution in [0.2, 0.25) is 0 Å². The van der Waals surface area contributed by atoms with E-state index in [0.29, 0.717) is 22.7 Å². The SMILES string of the molecule is [C-]#[N+]c1c(-n2c3ccc(C(C)(C)C)cc3c3cc(C(C)(C)C)ccc32)cc2oc3c(-c4cc(-c5ccccc5)nc(-c5ccccc5)n4)cccc3c2c1-n1c2ccc(C(C)(C)C)cc2c2cc(C(C)(C)C)ccc21. The third-order valence-electron chi connectivity index (χ3n) is 15.4. The predicted molar refractivity (Wildman–Crippen MR) is 315 cm³/mol. The van der Waals surface area contributed by atoms with E-state index in [1.807, 2.05) is 36.4 Å². The van der Waals surface area contributed by atoms with Crippen LogP contribution in [0.4, 0.5) is 5.69 Å². The van der Waals surface area contributed by atoms with Crippen LogP contribution in [0.3, 0.4) is 0 Å². The molecule has 4 aromatic heterocycles. The van der Waals surface area contributed by atoms with Gasteiger partial charge in [0.15, 0.2) is 5.82 Å². The second kappa shape index (κ2) is 16.9. The van der Waals surface area contributed by atoms with Gasteiger partial charge in [0.2, 0.25) is 5.69 Å². The average Bonchev–Trinajstić information content (AvgIpc) is 4.04. The summed E-state index contributed by atoms with van der Waals surface area (Å²) < 4.78 is 12.1. The Morgan fingerprint density at radius 2 is 0.867 bits per heavy atom. The molecule has 6 nitrogen and oxygen atoms in total. The molecule has 12 aromatic rings. The summed E-state index contributed by atoms with van der Waals surface area (Å²) in [5.74, 6) is 0.628. The molecule has 0 saturated carbocycles. The highest BCUT2D eigenvalue weighted by molar-refractivity contribution is 6.20. The molecule has 0 saturated heterocycles. The summed E-state index contributed by atoms with van der Waals surface area (Å²) in [5.41, 5.74) is 16.6. The molecule has 0 amide bonds. The minimum absolute atomic E-state index is 0.0758. The van der Waals surface area contributed by atoms with Crippen LogP contribution in [0.25, 0.3) is 116 Å². The molecular formula is C69H63N5O. The molecule has 8 aromatic carbocycles. The number of para-hydroxylation sites is 1. The van der Waals surface area contributed by atoms with Gasteiger partial charge in [-0.05, 0) is 111 Å². The summed E-state index contributed by atoms with van der Waals surface area (Å²) in [6.45, 7) is 36.8. The summed E-state index contributed by atoms with van der Waals surface area (Å²) in [4.78, 5) is 15.1. The second-order valence-corrected chi connectivity index (χ2v) is 24.7. The first-order chi connectivity index (χ1) is 35.7. The first kappa shape index (κ1) is 47.7. The normalized spacial score (nSPS) is 12.8. The van der Waals surface area contributed by atoms with Gasteiger partial charge in [0, 0.05) is 49.0 Å². The molecule has 0 aliphatic carbocycles. The number of fused-ring (bicyclic) bond motifs is 9. The molecule has 75 heavy (non-hydrogen) atoms. The third-order valence-corrected chi connectivity index (χ3v) is 15.4. The van der Waals surface area contributed by atoms with Crippen LogP contribution in [0.1, 0.15) is 105 Å². The zero-order valence-corrected chi connectivity index (χ0v) is 45.2. The van der Waals surface area contributed by atoms with Crippen LogP contribution in [0, 0.1) is 6.57 Å². The molecule has 0 fully saturated rings. The minimum atomic E-state index is -0.0890. The van der Waals surface area contributed by atoms with E-state index in [1.165, 1.54) is 22.3 Å². The molecule has 370 valence electrons. The van der Waals surface area contributed by atoms with E-state index < -0.39 is 0 Å². The van der Waals surface area contributed by atoms with Gasteiger partial charge in [-0.15, -0.1) is 0 Å². The highest BCUT2D eigenvalue weighted by Crippen LogP contribution is 2.50. The minimum Gasteiger partial charge on any atom is -0.455 e. The topological polar surface area (TPSA) is 53.1 Å². The number of rotatable bonds is 5. The molecule has 0 spiro atoms. The van der Waals surface area contributed by atoms with Crippen molar-refractivity contribution >= 4 is 71.2 Å². The van der Waals surface area contributed by atoms with Gasteiger partial charge in [0.05, 0.1) is 51.4 Å². The fourth-order valence-electron chi connectivity index (χ4n) is 11.1. The van der Waals surface area contributed by atoms with Crippen molar-refractivity contribution in [3.63, 3.8) is 0 Å². The van der Waals surface area contributed by atoms with E-state index in [2.05, 4.69) is 220 Å². The maximum absolute atomic E-state index is 9.50. The quantitative estimate of drug-likeness (QED) is 0.162. The summed E-state index contributed by atoms with van der Waals surface area (Å²) in [6, 6.07) is 58.6. The highest BCUT2D eigenvalue weighted by atomic mass is 16.3. The molecule has 0 bridgehead atoms. The Bertz CT molecular complexity index is 4120. The van der Waals surface area contributed by atoms with Crippen molar-refractivity contribution in [3.05, 3.63) is 197 Å². The number of aromatic nitrogens is 4. The van der Waals surface area contributed by atoms with E-state index in [9.17, 15) is 6.57 Å². The molecule has 0 atom stereocenters. The first-order valence-electron chi connectivity index (χ1n) is 26.3. The fraction of sp³-hybridized carbons (Fsp3) is 0.232. The maximum atomic E-state index is 9.50. The van der Waals surface area contributed by atoms with Crippen LogP contribution >= 0.6 is 0 Å². The molecule has 0 radical (unpaired) electrons. The molecule has 4 heterocycles. The lowest BCUT2D eigenvalue weighted by atomic mass is 9.85. The smallest absolute Gasteiger partial charge is 0.234 e. The van der Waals surface area contributed by atoms with E-state index in [4.69, 9.17) is 19.2 Å². The second-order valence-electron chi connectivity index (χ2n) is 24.7. The number of hydrogen-bond donors (Lipinski definition) is 0. The largest absolute Gasteiger partial charge is 0.455 e. The average molecular weight is 978 g/mol. The fourth-order valence-corrected chi connectivity index (χ4v) is 11.1. The van der Waals surface area contributed by atoms with Crippen LogP contribution in [0.15, 0.2) is 168 Å². The Morgan fingerprint density at radius 1 is 0.427 bits per heavy atom. The predicted octanol–water partition coefficient (Wildman–Crippen LogP) is 19.3. The molecule has 0 aliphatic heterocycles. The molecule has 0 aliphatic rings. The molecular weight excluding hydrogens is 915 g/mol. The van der Waals surface area contributed by atoms with Crippen LogP contribution < -0.4 is 0 Å². The van der Waals surface area contributed by atoms with Crippen molar-refractivity contribution in [2.45, 2.75) is 105 Å². The maximum Gasteiger partial charge on any atom is 0.234 e. The van der Waals surface area contributed by atoms with Crippen molar-refractivity contribution in [3.8, 4) is 45.3 Å². The Balaban J connectivity index is 1.25. The zero-order valence-electron chi connectivity index (χ0n) is 45.2. The van der Waals surface area contributed by atoms with Crippen LogP contribution in [0.5, 0.6) is 0 Å². The van der Waals surface area contributed by atoms with Crippen molar-refractivity contribution < 1.29 is 4.42 Å². The summed E-state index contributed by atoms with van der Waals surface area (Å²) in [7, 11) is 0. The lowest BCUT2D eigenvalue weighted by Gasteiger charge is -2.20. The van der Waals surface area contributed by atoms with Crippen molar-refractivity contribution in [2.75, 3.05) is 0 Å². The van der Waals surface area contributed by atoms with E-state index in [0.717, 1.165) is 93.8 Å². The van der Waals surface area contributed by atoms with Gasteiger partial charge in [-0.25, -0.2) is 14.8 Å². The van der Waals surface area contributed by atoms with E-state index in [1.54, 1.807) is 0 Å². The lowest BCUT2D eigenvalue weighted by Crippen LogP contribution is -2.10. The molecule has 12 rings (SSSR count). The van der Waals surface area contributed by atoms with Gasteiger partial charge in [-0.3, -0.25) is 0 Å². The summed E-state index contributed by atoms with van der Waals surface area (Å²) in [5, 5.41) is 6.37. The molecule has 6 heteroatoms.